The molecular weight excluding hydrogens is 406 g/mol. The van der Waals surface area contributed by atoms with Gasteiger partial charge in [0.15, 0.2) is 10.8 Å². The van der Waals surface area contributed by atoms with Crippen LogP contribution in [0.3, 0.4) is 0 Å². The average molecular weight is 426 g/mol. The minimum atomic E-state index is 0.0129. The first-order valence-electron chi connectivity index (χ1n) is 9.44. The van der Waals surface area contributed by atoms with Gasteiger partial charge < -0.3 is 4.74 Å². The van der Waals surface area contributed by atoms with Gasteiger partial charge in [0.05, 0.1) is 12.8 Å². The Balaban J connectivity index is 1.34. The number of hydrogen-bond donors (Lipinski definition) is 1. The average Bonchev–Trinajstić information content (AvgIpc) is 3.37. The van der Waals surface area contributed by atoms with Crippen LogP contribution in [0.15, 0.2) is 40.3 Å². The van der Waals surface area contributed by atoms with Crippen molar-refractivity contribution in [2.75, 3.05) is 7.11 Å². The fraction of sp³-hybridized carbons (Fsp3) is 0.300. The number of methoxy groups -OCH3 is 1. The van der Waals surface area contributed by atoms with Crippen LogP contribution in [0.1, 0.15) is 29.1 Å². The maximum Gasteiger partial charge on any atom is 0.259 e. The Morgan fingerprint density at radius 1 is 1.21 bits per heavy atom. The minimum absolute atomic E-state index is 0.0129. The van der Waals surface area contributed by atoms with E-state index in [1.54, 1.807) is 28.9 Å². The molecule has 0 amide bonds. The molecule has 3 heterocycles. The summed E-state index contributed by atoms with van der Waals surface area (Å²) in [5, 5.41) is 7.87. The van der Waals surface area contributed by atoms with E-state index in [9.17, 15) is 4.79 Å². The normalized spacial score (nSPS) is 13.6. The Hall–Kier alpha value is -2.65. The molecule has 7 nitrogen and oxygen atoms in total. The lowest BCUT2D eigenvalue weighted by Gasteiger charge is -2.09. The molecule has 0 atom stereocenters. The standard InChI is InChI=1S/C20H19N5O2S2/c1-27-14-8-6-12(7-9-14)18-22-19(24-23-18)28-11-13-10-17(26)25-15-4-2-3-5-16(15)29-20(25)21-13/h6-10H,2-5,11H2,1H3,(H,22,23,24). The number of H-pyrrole nitrogens is 1. The molecule has 0 radical (unpaired) electrons. The van der Waals surface area contributed by atoms with Crippen LogP contribution in [-0.4, -0.2) is 31.7 Å². The molecule has 0 spiro atoms. The maximum absolute atomic E-state index is 12.7. The van der Waals surface area contributed by atoms with Gasteiger partial charge in [-0.1, -0.05) is 11.8 Å². The minimum Gasteiger partial charge on any atom is -0.497 e. The number of hydrogen-bond acceptors (Lipinski definition) is 7. The first kappa shape index (κ1) is 18.4. The number of fused-ring (bicyclic) bond motifs is 3. The summed E-state index contributed by atoms with van der Waals surface area (Å²) in [5.74, 6) is 2.05. The second kappa shape index (κ2) is 7.64. The van der Waals surface area contributed by atoms with E-state index < -0.39 is 0 Å². The Morgan fingerprint density at radius 2 is 2.03 bits per heavy atom. The Labute approximate surface area is 175 Å². The van der Waals surface area contributed by atoms with E-state index >= 15 is 0 Å². The van der Waals surface area contributed by atoms with Crippen molar-refractivity contribution in [2.45, 2.75) is 36.6 Å². The van der Waals surface area contributed by atoms with Crippen LogP contribution in [0.4, 0.5) is 0 Å². The molecule has 0 fully saturated rings. The molecule has 5 rings (SSSR count). The van der Waals surface area contributed by atoms with E-state index in [-0.39, 0.29) is 5.56 Å². The third-order valence-electron chi connectivity index (χ3n) is 4.99. The molecule has 1 aliphatic carbocycles. The fourth-order valence-corrected chi connectivity index (χ4v) is 5.47. The molecule has 0 saturated heterocycles. The first-order valence-corrected chi connectivity index (χ1v) is 11.2. The van der Waals surface area contributed by atoms with Gasteiger partial charge in [-0.25, -0.2) is 9.97 Å². The number of benzene rings is 1. The van der Waals surface area contributed by atoms with Crippen molar-refractivity contribution in [3.8, 4) is 17.1 Å². The van der Waals surface area contributed by atoms with Gasteiger partial charge in [0.1, 0.15) is 5.75 Å². The summed E-state index contributed by atoms with van der Waals surface area (Å²) in [4.78, 5) is 24.0. The summed E-state index contributed by atoms with van der Waals surface area (Å²) < 4.78 is 6.97. The van der Waals surface area contributed by atoms with Gasteiger partial charge in [0, 0.05) is 28.0 Å². The lowest BCUT2D eigenvalue weighted by atomic mass is 10.0. The quantitative estimate of drug-likeness (QED) is 0.491. The van der Waals surface area contributed by atoms with Crippen molar-refractivity contribution >= 4 is 28.1 Å². The molecule has 1 aromatic carbocycles. The first-order chi connectivity index (χ1) is 14.2. The molecule has 0 aliphatic heterocycles. The number of aromatic nitrogens is 5. The largest absolute Gasteiger partial charge is 0.497 e. The fourth-order valence-electron chi connectivity index (χ4n) is 3.54. The number of aryl methyl sites for hydroxylation is 2. The molecule has 29 heavy (non-hydrogen) atoms. The molecule has 4 aromatic rings. The Morgan fingerprint density at radius 3 is 2.86 bits per heavy atom. The Bertz CT molecular complexity index is 1230. The zero-order valence-corrected chi connectivity index (χ0v) is 17.5. The van der Waals surface area contributed by atoms with E-state index in [4.69, 9.17) is 9.72 Å². The van der Waals surface area contributed by atoms with E-state index in [2.05, 4.69) is 15.2 Å². The van der Waals surface area contributed by atoms with Crippen molar-refractivity contribution in [1.29, 1.82) is 0 Å². The van der Waals surface area contributed by atoms with Crippen LogP contribution in [0.25, 0.3) is 16.3 Å². The highest BCUT2D eigenvalue weighted by Crippen LogP contribution is 2.29. The third-order valence-corrected chi connectivity index (χ3v) is 7.02. The van der Waals surface area contributed by atoms with Gasteiger partial charge in [-0.3, -0.25) is 14.3 Å². The van der Waals surface area contributed by atoms with Gasteiger partial charge in [-0.15, -0.1) is 16.4 Å². The van der Waals surface area contributed by atoms with Crippen LogP contribution in [0, 0.1) is 0 Å². The molecule has 1 N–H and O–H groups in total. The number of thiazole rings is 1. The monoisotopic (exact) mass is 425 g/mol. The number of aromatic amines is 1. The van der Waals surface area contributed by atoms with Crippen LogP contribution in [-0.2, 0) is 18.6 Å². The van der Waals surface area contributed by atoms with Gasteiger partial charge in [-0.2, -0.15) is 0 Å². The molecule has 9 heteroatoms. The maximum atomic E-state index is 12.7. The van der Waals surface area contributed by atoms with E-state index in [0.717, 1.165) is 46.9 Å². The van der Waals surface area contributed by atoms with Gasteiger partial charge in [0.25, 0.3) is 5.56 Å². The summed E-state index contributed by atoms with van der Waals surface area (Å²) in [6.45, 7) is 0. The predicted octanol–water partition coefficient (Wildman–Crippen LogP) is 3.72. The van der Waals surface area contributed by atoms with Crippen LogP contribution in [0.2, 0.25) is 0 Å². The zero-order chi connectivity index (χ0) is 19.8. The lowest BCUT2D eigenvalue weighted by molar-refractivity contribution is 0.415. The van der Waals surface area contributed by atoms with Gasteiger partial charge in [0.2, 0.25) is 5.16 Å². The number of nitrogens with one attached hydrogen (secondary N) is 1. The number of ether oxygens (including phenoxy) is 1. The molecule has 3 aromatic heterocycles. The van der Waals surface area contributed by atoms with E-state index in [1.165, 1.54) is 23.1 Å². The van der Waals surface area contributed by atoms with Gasteiger partial charge >= 0.3 is 0 Å². The lowest BCUT2D eigenvalue weighted by Crippen LogP contribution is -2.17. The number of thioether (sulfide) groups is 1. The predicted molar refractivity (Wildman–Crippen MR) is 114 cm³/mol. The highest BCUT2D eigenvalue weighted by molar-refractivity contribution is 7.98. The summed E-state index contributed by atoms with van der Waals surface area (Å²) in [5.41, 5.74) is 2.87. The van der Waals surface area contributed by atoms with Crippen LogP contribution >= 0.6 is 23.1 Å². The van der Waals surface area contributed by atoms with E-state index in [0.29, 0.717) is 16.7 Å². The van der Waals surface area contributed by atoms with E-state index in [1.807, 2.05) is 24.3 Å². The second-order valence-electron chi connectivity index (χ2n) is 6.87. The third kappa shape index (κ3) is 3.56. The summed E-state index contributed by atoms with van der Waals surface area (Å²) in [7, 11) is 1.64. The highest BCUT2D eigenvalue weighted by atomic mass is 32.2. The molecule has 0 bridgehead atoms. The molecule has 148 valence electrons. The van der Waals surface area contributed by atoms with Crippen molar-refractivity contribution in [2.24, 2.45) is 0 Å². The Kier molecular flexibility index (Phi) is 4.84. The highest BCUT2D eigenvalue weighted by Gasteiger charge is 2.18. The topological polar surface area (TPSA) is 85.2 Å². The van der Waals surface area contributed by atoms with Crippen LogP contribution in [0.5, 0.6) is 5.75 Å². The van der Waals surface area contributed by atoms with Gasteiger partial charge in [-0.05, 0) is 49.9 Å². The molecule has 1 aliphatic rings. The van der Waals surface area contributed by atoms with Crippen LogP contribution < -0.4 is 10.3 Å². The van der Waals surface area contributed by atoms with Crippen molar-refractivity contribution in [3.05, 3.63) is 57.0 Å². The molecule has 0 saturated carbocycles. The summed E-state index contributed by atoms with van der Waals surface area (Å²) in [6, 6.07) is 9.28. The summed E-state index contributed by atoms with van der Waals surface area (Å²) >= 11 is 3.11. The molecule has 0 unspecified atom stereocenters. The van der Waals surface area contributed by atoms with Crippen molar-refractivity contribution in [3.63, 3.8) is 0 Å². The second-order valence-corrected chi connectivity index (χ2v) is 8.87. The molecular formula is C20H19N5O2S2. The smallest absolute Gasteiger partial charge is 0.259 e. The van der Waals surface area contributed by atoms with Crippen molar-refractivity contribution in [1.82, 2.24) is 24.6 Å². The zero-order valence-electron chi connectivity index (χ0n) is 15.8. The number of nitrogens with zero attached hydrogens (tertiary/aromatic N) is 4. The van der Waals surface area contributed by atoms with Crippen molar-refractivity contribution < 1.29 is 4.74 Å². The SMILES string of the molecule is COc1ccc(-c2nc(SCc3cc(=O)n4c5c(sc4n3)CCCC5)n[nH]2)cc1. The number of rotatable bonds is 5. The summed E-state index contributed by atoms with van der Waals surface area (Å²) in [6.07, 6.45) is 4.36.